The average Bonchev–Trinajstić information content (AvgIpc) is 3.58. The van der Waals surface area contributed by atoms with E-state index in [-0.39, 0.29) is 24.4 Å². The number of ether oxygens (including phenoxy) is 1. The van der Waals surface area contributed by atoms with Crippen LogP contribution in [0, 0.1) is 11.6 Å². The van der Waals surface area contributed by atoms with Crippen LogP contribution in [-0.4, -0.2) is 58.8 Å². The van der Waals surface area contributed by atoms with Gasteiger partial charge in [0, 0.05) is 55.6 Å². The zero-order chi connectivity index (χ0) is 33.1. The van der Waals surface area contributed by atoms with E-state index in [1.807, 2.05) is 26.0 Å². The van der Waals surface area contributed by atoms with Gasteiger partial charge < -0.3 is 20.7 Å². The first-order valence-electron chi connectivity index (χ1n) is 15.8. The molecule has 8 nitrogen and oxygen atoms in total. The summed E-state index contributed by atoms with van der Waals surface area (Å²) in [5.41, 5.74) is 11.0. The number of esters is 1. The first-order valence-corrected chi connectivity index (χ1v) is 15.8. The molecular formula is C36H43F2N5O3. The van der Waals surface area contributed by atoms with Gasteiger partial charge in [-0.15, -0.1) is 0 Å². The summed E-state index contributed by atoms with van der Waals surface area (Å²) in [5.74, 6) is -2.27. The number of nitrogens with one attached hydrogen (secondary N) is 2. The number of nitrogens with zero attached hydrogens (tertiary/aromatic N) is 2. The van der Waals surface area contributed by atoms with Gasteiger partial charge in [0.05, 0.1) is 11.8 Å². The maximum absolute atomic E-state index is 14.0. The van der Waals surface area contributed by atoms with E-state index in [0.29, 0.717) is 41.9 Å². The molecule has 1 aromatic heterocycles. The molecule has 4 N–H and O–H groups in total. The largest absolute Gasteiger partial charge is 0.456 e. The highest BCUT2D eigenvalue weighted by molar-refractivity contribution is 6.00. The third kappa shape index (κ3) is 9.55. The number of H-pyrrole nitrogens is 1. The summed E-state index contributed by atoms with van der Waals surface area (Å²) in [5, 5.41) is 10.1. The second kappa shape index (κ2) is 16.8. The second-order valence-electron chi connectivity index (χ2n) is 11.5. The number of nitrogens with two attached hydrogens (primary N) is 1. The molecule has 0 radical (unpaired) electrons. The molecule has 4 aromatic rings. The summed E-state index contributed by atoms with van der Waals surface area (Å²) in [6.45, 7) is 7.98. The van der Waals surface area contributed by atoms with Crippen molar-refractivity contribution < 1.29 is 23.1 Å². The maximum Gasteiger partial charge on any atom is 0.338 e. The molecule has 0 bridgehead atoms. The quantitative estimate of drug-likeness (QED) is 0.130. The number of hydrogen-bond donors (Lipinski definition) is 3. The molecule has 1 heterocycles. The number of carbonyl (C=O) groups is 2. The predicted molar refractivity (Wildman–Crippen MR) is 175 cm³/mol. The summed E-state index contributed by atoms with van der Waals surface area (Å²) >= 11 is 0. The van der Waals surface area contributed by atoms with E-state index in [9.17, 15) is 18.4 Å². The molecule has 46 heavy (non-hydrogen) atoms. The first-order chi connectivity index (χ1) is 22.2. The van der Waals surface area contributed by atoms with Crippen LogP contribution in [0.15, 0.2) is 73.1 Å². The fourth-order valence-electron chi connectivity index (χ4n) is 5.42. The molecule has 0 aliphatic rings. The van der Waals surface area contributed by atoms with Crippen molar-refractivity contribution in [3.05, 3.63) is 113 Å². The van der Waals surface area contributed by atoms with Crippen LogP contribution in [-0.2, 0) is 24.1 Å². The fourth-order valence-corrected chi connectivity index (χ4v) is 5.42. The Morgan fingerprint density at radius 3 is 2.26 bits per heavy atom. The van der Waals surface area contributed by atoms with Crippen molar-refractivity contribution in [2.45, 2.75) is 65.1 Å². The molecule has 0 saturated carbocycles. The number of rotatable bonds is 16. The van der Waals surface area contributed by atoms with Crippen LogP contribution < -0.4 is 11.1 Å². The minimum absolute atomic E-state index is 0.0709. The Labute approximate surface area is 269 Å². The Balaban J connectivity index is 1.61. The molecule has 0 spiro atoms. The van der Waals surface area contributed by atoms with Crippen LogP contribution >= 0.6 is 0 Å². The van der Waals surface area contributed by atoms with E-state index in [2.05, 4.69) is 34.6 Å². The standard InChI is InChI=1S/C36H43F2N5O3/c1-4-10-43(11-5-2)35(44)28-16-27(30-21-41-42-22-30)17-29(18-28)36(45)46-34(23-40-20-25-9-7-8-24(6-3)12-25)33(39)15-26-13-31(37)19-32(38)14-26/h7-9,12-14,16-19,21-22,33-34,40H,4-6,10-11,15,20,23,39H2,1-3H3,(H,41,42)/t33-,34+/m0/s1. The molecule has 10 heteroatoms. The van der Waals surface area contributed by atoms with Crippen molar-refractivity contribution in [1.29, 1.82) is 0 Å². The topological polar surface area (TPSA) is 113 Å². The number of hydrogen-bond acceptors (Lipinski definition) is 6. The van der Waals surface area contributed by atoms with E-state index < -0.39 is 29.7 Å². The smallest absolute Gasteiger partial charge is 0.338 e. The first kappa shape index (κ1) is 34.5. The Hall–Kier alpha value is -4.41. The average molecular weight is 632 g/mol. The number of aryl methyl sites for hydroxylation is 1. The van der Waals surface area contributed by atoms with Crippen molar-refractivity contribution in [3.63, 3.8) is 0 Å². The summed E-state index contributed by atoms with van der Waals surface area (Å²) in [6.07, 6.45) is 5.01. The van der Waals surface area contributed by atoms with E-state index in [1.165, 1.54) is 17.7 Å². The van der Waals surface area contributed by atoms with Gasteiger partial charge in [0.1, 0.15) is 17.7 Å². The molecule has 0 aliphatic carbocycles. The highest BCUT2D eigenvalue weighted by Gasteiger charge is 2.26. The monoisotopic (exact) mass is 631 g/mol. The lowest BCUT2D eigenvalue weighted by Crippen LogP contribution is -2.46. The van der Waals surface area contributed by atoms with Gasteiger partial charge in [-0.25, -0.2) is 13.6 Å². The number of aromatic nitrogens is 2. The van der Waals surface area contributed by atoms with Gasteiger partial charge in [-0.2, -0.15) is 5.10 Å². The molecule has 3 aromatic carbocycles. The number of carbonyl (C=O) groups excluding carboxylic acids is 2. The summed E-state index contributed by atoms with van der Waals surface area (Å²) in [6, 6.07) is 15.5. The third-order valence-corrected chi connectivity index (χ3v) is 7.73. The van der Waals surface area contributed by atoms with Gasteiger partial charge in [0.2, 0.25) is 0 Å². The predicted octanol–water partition coefficient (Wildman–Crippen LogP) is 6.06. The Kier molecular flexibility index (Phi) is 12.6. The lowest BCUT2D eigenvalue weighted by atomic mass is 10.00. The Morgan fingerprint density at radius 2 is 1.61 bits per heavy atom. The van der Waals surface area contributed by atoms with Crippen molar-refractivity contribution in [1.82, 2.24) is 20.4 Å². The van der Waals surface area contributed by atoms with Gasteiger partial charge in [0.25, 0.3) is 5.91 Å². The summed E-state index contributed by atoms with van der Waals surface area (Å²) in [7, 11) is 0. The zero-order valence-electron chi connectivity index (χ0n) is 26.7. The van der Waals surface area contributed by atoms with E-state index in [0.717, 1.165) is 30.9 Å². The number of halogens is 2. The Morgan fingerprint density at radius 1 is 0.913 bits per heavy atom. The van der Waals surface area contributed by atoms with Gasteiger partial charge in [-0.05, 0) is 78.3 Å². The van der Waals surface area contributed by atoms with Crippen LogP contribution in [0.3, 0.4) is 0 Å². The lowest BCUT2D eigenvalue weighted by molar-refractivity contribution is 0.0238. The van der Waals surface area contributed by atoms with Crippen molar-refractivity contribution in [2.75, 3.05) is 19.6 Å². The van der Waals surface area contributed by atoms with Crippen molar-refractivity contribution in [3.8, 4) is 11.1 Å². The Bertz CT molecular complexity index is 1570. The van der Waals surface area contributed by atoms with Crippen LogP contribution in [0.4, 0.5) is 8.78 Å². The molecule has 244 valence electrons. The highest BCUT2D eigenvalue weighted by Crippen LogP contribution is 2.24. The van der Waals surface area contributed by atoms with Crippen LogP contribution in [0.5, 0.6) is 0 Å². The number of aromatic amines is 1. The minimum atomic E-state index is -0.860. The number of amides is 1. The molecule has 0 unspecified atom stereocenters. The molecule has 0 aliphatic heterocycles. The summed E-state index contributed by atoms with van der Waals surface area (Å²) in [4.78, 5) is 29.1. The minimum Gasteiger partial charge on any atom is -0.456 e. The molecule has 2 atom stereocenters. The van der Waals surface area contributed by atoms with Gasteiger partial charge in [-0.1, -0.05) is 45.0 Å². The molecule has 0 saturated heterocycles. The molecule has 1 amide bonds. The molecule has 0 fully saturated rings. The maximum atomic E-state index is 14.0. The zero-order valence-corrected chi connectivity index (χ0v) is 26.7. The second-order valence-corrected chi connectivity index (χ2v) is 11.5. The highest BCUT2D eigenvalue weighted by atomic mass is 19.1. The van der Waals surface area contributed by atoms with E-state index in [4.69, 9.17) is 10.5 Å². The van der Waals surface area contributed by atoms with Crippen LogP contribution in [0.2, 0.25) is 0 Å². The third-order valence-electron chi connectivity index (χ3n) is 7.73. The SMILES string of the molecule is CCCN(CCC)C(=O)c1cc(C(=O)O[C@H](CNCc2cccc(CC)c2)[C@@H](N)Cc2cc(F)cc(F)c2)cc(-c2cn[nH]c2)c1. The van der Waals surface area contributed by atoms with E-state index >= 15 is 0 Å². The normalized spacial score (nSPS) is 12.5. The van der Waals surface area contributed by atoms with Gasteiger partial charge >= 0.3 is 5.97 Å². The van der Waals surface area contributed by atoms with Gasteiger partial charge in [0.15, 0.2) is 0 Å². The van der Waals surface area contributed by atoms with Crippen molar-refractivity contribution >= 4 is 11.9 Å². The van der Waals surface area contributed by atoms with Crippen molar-refractivity contribution in [2.24, 2.45) is 5.73 Å². The molecular weight excluding hydrogens is 588 g/mol. The van der Waals surface area contributed by atoms with Crippen LogP contribution in [0.1, 0.15) is 71.0 Å². The lowest BCUT2D eigenvalue weighted by Gasteiger charge is -2.25. The summed E-state index contributed by atoms with van der Waals surface area (Å²) < 4.78 is 33.9. The van der Waals surface area contributed by atoms with Crippen LogP contribution in [0.25, 0.3) is 11.1 Å². The van der Waals surface area contributed by atoms with E-state index in [1.54, 1.807) is 35.5 Å². The number of benzene rings is 3. The van der Waals surface area contributed by atoms with Gasteiger partial charge in [-0.3, -0.25) is 9.89 Å². The fraction of sp³-hybridized carbons (Fsp3) is 0.361. The molecule has 4 rings (SSSR count).